The largest absolute Gasteiger partial charge is 0.0654 e. The van der Waals surface area contributed by atoms with Crippen molar-refractivity contribution in [3.8, 4) is 0 Å². The molecule has 0 bridgehead atoms. The predicted octanol–water partition coefficient (Wildman–Crippen LogP) is 22.2. The van der Waals surface area contributed by atoms with Crippen LogP contribution in [0.5, 0.6) is 0 Å². The third kappa shape index (κ3) is 44.1. The van der Waals surface area contributed by atoms with E-state index in [2.05, 4.69) is 20.8 Å². The lowest BCUT2D eigenvalue weighted by molar-refractivity contribution is 0.430. The maximum absolute atomic E-state index is 2.51. The van der Waals surface area contributed by atoms with Gasteiger partial charge in [0.2, 0.25) is 0 Å². The summed E-state index contributed by atoms with van der Waals surface area (Å²) in [5, 5.41) is 0. The molecule has 58 heavy (non-hydrogen) atoms. The molecule has 3 unspecified atom stereocenters. The van der Waals surface area contributed by atoms with Gasteiger partial charge in [0.1, 0.15) is 0 Å². The molecule has 0 heterocycles. The molecule has 1 rings (SSSR count). The van der Waals surface area contributed by atoms with Crippen molar-refractivity contribution in [3.05, 3.63) is 0 Å². The van der Waals surface area contributed by atoms with Crippen LogP contribution in [0.15, 0.2) is 0 Å². The van der Waals surface area contributed by atoms with Gasteiger partial charge in [0, 0.05) is 0 Å². The third-order valence-corrected chi connectivity index (χ3v) is 14.8. The van der Waals surface area contributed by atoms with Gasteiger partial charge in [-0.1, -0.05) is 348 Å². The summed E-state index contributed by atoms with van der Waals surface area (Å²) in [6.07, 6.45) is 77.6. The highest BCUT2D eigenvalue weighted by Crippen LogP contribution is 2.45. The first-order chi connectivity index (χ1) is 28.8. The second kappa shape index (κ2) is 48.0. The minimum absolute atomic E-state index is 0.966. The van der Waals surface area contributed by atoms with Crippen molar-refractivity contribution in [2.24, 2.45) is 17.8 Å². The lowest BCUT2D eigenvalue weighted by Crippen LogP contribution is -1.95. The number of hydrogen-bond acceptors (Lipinski definition) is 0. The predicted molar refractivity (Wildman–Crippen MR) is 268 cm³/mol. The molecule has 348 valence electrons. The first-order valence-corrected chi connectivity index (χ1v) is 28.8. The van der Waals surface area contributed by atoms with Crippen LogP contribution in [0.2, 0.25) is 0 Å². The van der Waals surface area contributed by atoms with Crippen LogP contribution in [0.25, 0.3) is 0 Å². The Hall–Kier alpha value is 0. The van der Waals surface area contributed by atoms with Crippen molar-refractivity contribution in [2.75, 3.05) is 0 Å². The van der Waals surface area contributed by atoms with E-state index in [1.54, 1.807) is 19.3 Å². The maximum atomic E-state index is 2.51. The summed E-state index contributed by atoms with van der Waals surface area (Å²) in [7, 11) is 0. The van der Waals surface area contributed by atoms with Gasteiger partial charge in [-0.2, -0.15) is 0 Å². The van der Waals surface area contributed by atoms with Gasteiger partial charge in [-0.25, -0.2) is 0 Å². The average Bonchev–Trinajstić information content (AvgIpc) is 3.99. The van der Waals surface area contributed by atoms with Crippen LogP contribution in [-0.2, 0) is 0 Å². The highest BCUT2D eigenvalue weighted by atomic mass is 14.4. The third-order valence-electron chi connectivity index (χ3n) is 14.8. The fourth-order valence-electron chi connectivity index (χ4n) is 10.4. The average molecular weight is 814 g/mol. The van der Waals surface area contributed by atoms with E-state index >= 15 is 0 Å². The van der Waals surface area contributed by atoms with Crippen LogP contribution in [0, 0.1) is 17.8 Å². The van der Waals surface area contributed by atoms with Crippen molar-refractivity contribution in [1.82, 2.24) is 0 Å². The standard InChI is InChI=1S/C58H116/c1-4-6-8-10-12-14-15-16-17-18-19-20-21-25-28-31-34-37-41-45-49-53-57-55-58(57)54-50-46-42-38-35-32-29-26-23-22-24-27-30-33-36-40-44-48-52-56(3)51-47-43-39-13-11-9-7-5-2/h56-58H,4-55H2,1-3H3. The maximum Gasteiger partial charge on any atom is -0.0383 e. The monoisotopic (exact) mass is 813 g/mol. The van der Waals surface area contributed by atoms with Gasteiger partial charge in [0.25, 0.3) is 0 Å². The highest BCUT2D eigenvalue weighted by molar-refractivity contribution is 4.85. The molecule has 0 aromatic heterocycles. The molecule has 1 fully saturated rings. The second-order valence-electron chi connectivity index (χ2n) is 20.9. The van der Waals surface area contributed by atoms with Crippen molar-refractivity contribution in [2.45, 2.75) is 355 Å². The van der Waals surface area contributed by atoms with Crippen LogP contribution in [-0.4, -0.2) is 0 Å². The topological polar surface area (TPSA) is 0 Å². The molecule has 0 N–H and O–H groups in total. The molecule has 1 aliphatic carbocycles. The Balaban J connectivity index is 1.65. The molecular formula is C58H116. The van der Waals surface area contributed by atoms with E-state index in [0.717, 1.165) is 17.8 Å². The van der Waals surface area contributed by atoms with Gasteiger partial charge >= 0.3 is 0 Å². The van der Waals surface area contributed by atoms with Crippen molar-refractivity contribution in [3.63, 3.8) is 0 Å². The zero-order valence-corrected chi connectivity index (χ0v) is 41.5. The second-order valence-corrected chi connectivity index (χ2v) is 20.9. The fraction of sp³-hybridized carbons (Fsp3) is 1.00. The van der Waals surface area contributed by atoms with Crippen LogP contribution in [0.4, 0.5) is 0 Å². The Kier molecular flexibility index (Phi) is 46.4. The molecule has 0 aliphatic heterocycles. The minimum Gasteiger partial charge on any atom is -0.0654 e. The molecule has 3 atom stereocenters. The van der Waals surface area contributed by atoms with Crippen LogP contribution >= 0.6 is 0 Å². The molecule has 0 radical (unpaired) electrons. The Morgan fingerprint density at radius 2 is 0.414 bits per heavy atom. The Morgan fingerprint density at radius 3 is 0.621 bits per heavy atom. The number of rotatable bonds is 52. The summed E-state index contributed by atoms with van der Waals surface area (Å²) in [5.41, 5.74) is 0. The molecule has 0 heteroatoms. The molecule has 0 amide bonds. The molecule has 0 nitrogen and oxygen atoms in total. The van der Waals surface area contributed by atoms with Gasteiger partial charge in [-0.15, -0.1) is 0 Å². The summed E-state index contributed by atoms with van der Waals surface area (Å²) in [6.45, 7) is 7.14. The summed E-state index contributed by atoms with van der Waals surface area (Å²) >= 11 is 0. The molecule has 1 aliphatic rings. The number of hydrogen-bond donors (Lipinski definition) is 0. The highest BCUT2D eigenvalue weighted by Gasteiger charge is 2.35. The van der Waals surface area contributed by atoms with Gasteiger partial charge < -0.3 is 0 Å². The molecule has 0 aromatic carbocycles. The summed E-state index contributed by atoms with van der Waals surface area (Å²) in [4.78, 5) is 0. The van der Waals surface area contributed by atoms with Crippen molar-refractivity contribution >= 4 is 0 Å². The SMILES string of the molecule is CCCCCCCCCCCCCCCCCCCCCCCC1CC1CCCCCCCCCCCCCCCCCCCCC(C)CCCCCCCCCC. The molecule has 0 spiro atoms. The van der Waals surface area contributed by atoms with E-state index in [9.17, 15) is 0 Å². The summed E-state index contributed by atoms with van der Waals surface area (Å²) in [6, 6.07) is 0. The van der Waals surface area contributed by atoms with Crippen LogP contribution < -0.4 is 0 Å². The van der Waals surface area contributed by atoms with E-state index in [1.807, 2.05) is 0 Å². The lowest BCUT2D eigenvalue weighted by Gasteiger charge is -2.11. The van der Waals surface area contributed by atoms with E-state index in [1.165, 1.54) is 315 Å². The smallest absolute Gasteiger partial charge is 0.0383 e. The first-order valence-electron chi connectivity index (χ1n) is 28.8. The quantitative estimate of drug-likeness (QED) is 0.0537. The molecular weight excluding hydrogens is 697 g/mol. The van der Waals surface area contributed by atoms with Crippen LogP contribution in [0.1, 0.15) is 355 Å². The Morgan fingerprint density at radius 1 is 0.241 bits per heavy atom. The van der Waals surface area contributed by atoms with E-state index in [-0.39, 0.29) is 0 Å². The van der Waals surface area contributed by atoms with E-state index in [4.69, 9.17) is 0 Å². The zero-order valence-electron chi connectivity index (χ0n) is 41.5. The summed E-state index contributed by atoms with van der Waals surface area (Å²) in [5.74, 6) is 3.22. The van der Waals surface area contributed by atoms with Gasteiger partial charge in [-0.3, -0.25) is 0 Å². The molecule has 0 aromatic rings. The summed E-state index contributed by atoms with van der Waals surface area (Å²) < 4.78 is 0. The van der Waals surface area contributed by atoms with Gasteiger partial charge in [-0.05, 0) is 24.2 Å². The first kappa shape index (κ1) is 56.0. The lowest BCUT2D eigenvalue weighted by atomic mass is 9.95. The zero-order chi connectivity index (χ0) is 41.5. The van der Waals surface area contributed by atoms with E-state index in [0.29, 0.717) is 0 Å². The van der Waals surface area contributed by atoms with Crippen molar-refractivity contribution < 1.29 is 0 Å². The van der Waals surface area contributed by atoms with Crippen LogP contribution in [0.3, 0.4) is 0 Å². The number of unbranched alkanes of at least 4 members (excludes halogenated alkanes) is 44. The minimum atomic E-state index is 0.966. The van der Waals surface area contributed by atoms with E-state index < -0.39 is 0 Å². The Bertz CT molecular complexity index is 724. The fourth-order valence-corrected chi connectivity index (χ4v) is 10.4. The normalized spacial score (nSPS) is 15.8. The Labute approximate surface area is 371 Å². The van der Waals surface area contributed by atoms with Gasteiger partial charge in [0.05, 0.1) is 0 Å². The van der Waals surface area contributed by atoms with Crippen molar-refractivity contribution in [1.29, 1.82) is 0 Å². The molecule has 1 saturated carbocycles. The molecule has 0 saturated heterocycles. The van der Waals surface area contributed by atoms with Gasteiger partial charge in [0.15, 0.2) is 0 Å².